The number of likely N-dealkylation sites (tertiary alicyclic amines) is 1. The zero-order valence-corrected chi connectivity index (χ0v) is 13.6. The topological polar surface area (TPSA) is 50.5 Å². The molecule has 0 N–H and O–H groups in total. The van der Waals surface area contributed by atoms with Gasteiger partial charge >= 0.3 is 0 Å². The molecule has 3 heterocycles. The van der Waals surface area contributed by atoms with Crippen molar-refractivity contribution in [2.24, 2.45) is 0 Å². The molecule has 1 aliphatic rings. The quantitative estimate of drug-likeness (QED) is 0.727. The highest BCUT2D eigenvalue weighted by Gasteiger charge is 2.18. The van der Waals surface area contributed by atoms with Crippen LogP contribution in [-0.4, -0.2) is 38.5 Å². The summed E-state index contributed by atoms with van der Waals surface area (Å²) in [4.78, 5) is 14.7. The molecule has 3 aromatic rings. The molecular formula is C19H20N4O. The van der Waals surface area contributed by atoms with E-state index in [-0.39, 0.29) is 5.91 Å². The minimum Gasteiger partial charge on any atom is -0.339 e. The third-order valence-corrected chi connectivity index (χ3v) is 4.58. The molecule has 0 aliphatic carbocycles. The highest BCUT2D eigenvalue weighted by molar-refractivity contribution is 5.95. The van der Waals surface area contributed by atoms with Crippen LogP contribution in [0, 0.1) is 0 Å². The van der Waals surface area contributed by atoms with Gasteiger partial charge in [-0.15, -0.1) is 10.2 Å². The SMILES string of the molecule is O=C(c1ccn2c(-c3ccccc3)nnc2c1)N1CCCCCC1. The van der Waals surface area contributed by atoms with Crippen LogP contribution >= 0.6 is 0 Å². The number of pyridine rings is 1. The molecule has 1 amide bonds. The third kappa shape index (κ3) is 2.77. The van der Waals surface area contributed by atoms with Gasteiger partial charge in [-0.3, -0.25) is 9.20 Å². The lowest BCUT2D eigenvalue weighted by atomic mass is 10.2. The van der Waals surface area contributed by atoms with Crippen LogP contribution in [-0.2, 0) is 0 Å². The molecule has 122 valence electrons. The number of carbonyl (C=O) groups is 1. The van der Waals surface area contributed by atoms with Crippen molar-refractivity contribution in [2.45, 2.75) is 25.7 Å². The average molecular weight is 320 g/mol. The molecule has 4 rings (SSSR count). The summed E-state index contributed by atoms with van der Waals surface area (Å²) in [6, 6.07) is 13.7. The smallest absolute Gasteiger partial charge is 0.254 e. The van der Waals surface area contributed by atoms with E-state index in [0.29, 0.717) is 11.2 Å². The van der Waals surface area contributed by atoms with E-state index in [1.54, 1.807) is 0 Å². The van der Waals surface area contributed by atoms with E-state index < -0.39 is 0 Å². The minimum absolute atomic E-state index is 0.101. The van der Waals surface area contributed by atoms with Crippen LogP contribution in [0.2, 0.25) is 0 Å². The Labute approximate surface area is 140 Å². The predicted molar refractivity (Wildman–Crippen MR) is 92.8 cm³/mol. The second-order valence-corrected chi connectivity index (χ2v) is 6.24. The molecule has 0 saturated carbocycles. The molecule has 24 heavy (non-hydrogen) atoms. The van der Waals surface area contributed by atoms with Crippen LogP contribution < -0.4 is 0 Å². The summed E-state index contributed by atoms with van der Waals surface area (Å²) < 4.78 is 1.93. The monoisotopic (exact) mass is 320 g/mol. The Morgan fingerprint density at radius 2 is 1.67 bits per heavy atom. The first-order valence-electron chi connectivity index (χ1n) is 8.52. The van der Waals surface area contributed by atoms with Crippen molar-refractivity contribution < 1.29 is 4.79 Å². The van der Waals surface area contributed by atoms with Gasteiger partial charge in [-0.05, 0) is 25.0 Å². The molecule has 0 unspecified atom stereocenters. The van der Waals surface area contributed by atoms with Gasteiger partial charge in [-0.25, -0.2) is 0 Å². The number of rotatable bonds is 2. The van der Waals surface area contributed by atoms with Gasteiger partial charge in [0.25, 0.3) is 5.91 Å². The van der Waals surface area contributed by atoms with Gasteiger partial charge in [0.1, 0.15) is 0 Å². The summed E-state index contributed by atoms with van der Waals surface area (Å²) in [6.45, 7) is 1.71. The highest BCUT2D eigenvalue weighted by atomic mass is 16.2. The normalized spacial score (nSPS) is 15.4. The number of aromatic nitrogens is 3. The Morgan fingerprint density at radius 3 is 2.42 bits per heavy atom. The van der Waals surface area contributed by atoms with E-state index in [2.05, 4.69) is 10.2 Å². The van der Waals surface area contributed by atoms with Gasteiger partial charge in [0.05, 0.1) is 0 Å². The number of nitrogens with zero attached hydrogens (tertiary/aromatic N) is 4. The van der Waals surface area contributed by atoms with Gasteiger partial charge in [0.15, 0.2) is 11.5 Å². The maximum absolute atomic E-state index is 12.7. The first kappa shape index (κ1) is 14.9. The predicted octanol–water partition coefficient (Wildman–Crippen LogP) is 3.41. The lowest BCUT2D eigenvalue weighted by Crippen LogP contribution is -2.31. The largest absolute Gasteiger partial charge is 0.339 e. The Kier molecular flexibility index (Phi) is 3.99. The van der Waals surface area contributed by atoms with Gasteiger partial charge in [0.2, 0.25) is 0 Å². The number of carbonyl (C=O) groups excluding carboxylic acids is 1. The third-order valence-electron chi connectivity index (χ3n) is 4.58. The van der Waals surface area contributed by atoms with Crippen molar-refractivity contribution in [2.75, 3.05) is 13.1 Å². The average Bonchev–Trinajstić information content (AvgIpc) is 2.86. The van der Waals surface area contributed by atoms with Gasteiger partial charge < -0.3 is 4.90 Å². The van der Waals surface area contributed by atoms with Crippen LogP contribution in [0.25, 0.3) is 17.0 Å². The van der Waals surface area contributed by atoms with Gasteiger partial charge in [0, 0.05) is 30.4 Å². The molecule has 1 aliphatic heterocycles. The van der Waals surface area contributed by atoms with E-state index >= 15 is 0 Å². The molecular weight excluding hydrogens is 300 g/mol. The summed E-state index contributed by atoms with van der Waals surface area (Å²) in [5.41, 5.74) is 2.41. The number of benzene rings is 1. The fourth-order valence-electron chi connectivity index (χ4n) is 3.26. The van der Waals surface area contributed by atoms with Crippen molar-refractivity contribution in [3.05, 3.63) is 54.2 Å². The van der Waals surface area contributed by atoms with E-state index in [1.165, 1.54) is 12.8 Å². The number of amides is 1. The number of fused-ring (bicyclic) bond motifs is 1. The second-order valence-electron chi connectivity index (χ2n) is 6.24. The molecule has 1 fully saturated rings. The Balaban J connectivity index is 1.66. The first-order valence-corrected chi connectivity index (χ1v) is 8.52. The molecule has 0 bridgehead atoms. The van der Waals surface area contributed by atoms with Crippen molar-refractivity contribution >= 4 is 11.6 Å². The summed E-state index contributed by atoms with van der Waals surface area (Å²) in [5.74, 6) is 0.892. The summed E-state index contributed by atoms with van der Waals surface area (Å²) >= 11 is 0. The van der Waals surface area contributed by atoms with Crippen molar-refractivity contribution in [1.82, 2.24) is 19.5 Å². The highest BCUT2D eigenvalue weighted by Crippen LogP contribution is 2.19. The van der Waals surface area contributed by atoms with Crippen molar-refractivity contribution in [3.8, 4) is 11.4 Å². The van der Waals surface area contributed by atoms with Gasteiger partial charge in [-0.1, -0.05) is 43.2 Å². The maximum atomic E-state index is 12.7. The van der Waals surface area contributed by atoms with Crippen LogP contribution in [0.15, 0.2) is 48.7 Å². The molecule has 2 aromatic heterocycles. The Hall–Kier alpha value is -2.69. The summed E-state index contributed by atoms with van der Waals surface area (Å²) in [7, 11) is 0. The fraction of sp³-hybridized carbons (Fsp3) is 0.316. The van der Waals surface area contributed by atoms with Crippen LogP contribution in [0.3, 0.4) is 0 Å². The second kappa shape index (κ2) is 6.43. The molecule has 0 radical (unpaired) electrons. The van der Waals surface area contributed by atoms with Crippen LogP contribution in [0.4, 0.5) is 0 Å². The Morgan fingerprint density at radius 1 is 0.917 bits per heavy atom. The molecule has 5 nitrogen and oxygen atoms in total. The maximum Gasteiger partial charge on any atom is 0.254 e. The van der Waals surface area contributed by atoms with Crippen molar-refractivity contribution in [1.29, 1.82) is 0 Å². The molecule has 0 spiro atoms. The first-order chi connectivity index (χ1) is 11.8. The van der Waals surface area contributed by atoms with E-state index in [4.69, 9.17) is 0 Å². The molecule has 1 saturated heterocycles. The lowest BCUT2D eigenvalue weighted by molar-refractivity contribution is 0.0761. The lowest BCUT2D eigenvalue weighted by Gasteiger charge is -2.20. The standard InChI is InChI=1S/C19H20N4O/c24-19(22-11-6-1-2-7-12-22)16-10-13-23-17(14-16)20-21-18(23)15-8-4-3-5-9-15/h3-5,8-10,13-14H,1-2,6-7,11-12H2. The van der Waals surface area contributed by atoms with Crippen molar-refractivity contribution in [3.63, 3.8) is 0 Å². The van der Waals surface area contributed by atoms with Crippen LogP contribution in [0.1, 0.15) is 36.0 Å². The Bertz CT molecular complexity index is 848. The summed E-state index contributed by atoms with van der Waals surface area (Å²) in [6.07, 6.45) is 6.51. The van der Waals surface area contributed by atoms with E-state index in [1.807, 2.05) is 58.0 Å². The zero-order chi connectivity index (χ0) is 16.4. The molecule has 1 aromatic carbocycles. The zero-order valence-electron chi connectivity index (χ0n) is 13.6. The number of hydrogen-bond donors (Lipinski definition) is 0. The molecule has 5 heteroatoms. The molecule has 0 atom stereocenters. The van der Waals surface area contributed by atoms with E-state index in [9.17, 15) is 4.79 Å². The fourth-order valence-corrected chi connectivity index (χ4v) is 3.26. The summed E-state index contributed by atoms with van der Waals surface area (Å²) in [5, 5.41) is 8.53. The minimum atomic E-state index is 0.101. The van der Waals surface area contributed by atoms with Crippen LogP contribution in [0.5, 0.6) is 0 Å². The van der Waals surface area contributed by atoms with E-state index in [0.717, 1.165) is 37.3 Å². The number of hydrogen-bond acceptors (Lipinski definition) is 3. The van der Waals surface area contributed by atoms with Gasteiger partial charge in [-0.2, -0.15) is 0 Å².